The molecule has 2 aromatic rings. The zero-order valence-electron chi connectivity index (χ0n) is 9.67. The third kappa shape index (κ3) is 2.15. The van der Waals surface area contributed by atoms with E-state index < -0.39 is 0 Å². The molecule has 0 radical (unpaired) electrons. The smallest absolute Gasteiger partial charge is 0.0615 e. The van der Waals surface area contributed by atoms with Crippen molar-refractivity contribution in [3.8, 4) is 0 Å². The fourth-order valence-corrected chi connectivity index (χ4v) is 3.29. The molecule has 0 bridgehead atoms. The van der Waals surface area contributed by atoms with E-state index >= 15 is 0 Å². The predicted molar refractivity (Wildman–Crippen MR) is 71.5 cm³/mol. The zero-order valence-corrected chi connectivity index (χ0v) is 10.5. The molecule has 1 aliphatic carbocycles. The molecule has 2 atom stereocenters. The monoisotopic (exact) mass is 244 g/mol. The van der Waals surface area contributed by atoms with Crippen LogP contribution < -0.4 is 0 Å². The van der Waals surface area contributed by atoms with Gasteiger partial charge in [0.2, 0.25) is 0 Å². The molecule has 0 saturated carbocycles. The van der Waals surface area contributed by atoms with E-state index in [0.29, 0.717) is 5.92 Å². The third-order valence-electron chi connectivity index (χ3n) is 3.67. The molecule has 1 aromatic heterocycles. The highest BCUT2D eigenvalue weighted by Gasteiger charge is 2.31. The van der Waals surface area contributed by atoms with Gasteiger partial charge >= 0.3 is 0 Å². The Morgan fingerprint density at radius 1 is 1.29 bits per heavy atom. The summed E-state index contributed by atoms with van der Waals surface area (Å²) in [6, 6.07) is 10.6. The van der Waals surface area contributed by atoms with E-state index in [1.807, 2.05) is 0 Å². The Bertz CT molecular complexity index is 489. The largest absolute Gasteiger partial charge is 0.392 e. The Hall–Kier alpha value is -1.12. The molecule has 0 spiro atoms. The van der Waals surface area contributed by atoms with Crippen LogP contribution >= 0.6 is 11.3 Å². The highest BCUT2D eigenvalue weighted by atomic mass is 32.1. The van der Waals surface area contributed by atoms with Crippen LogP contribution in [0.4, 0.5) is 0 Å². The van der Waals surface area contributed by atoms with Crippen LogP contribution in [0.15, 0.2) is 41.1 Å². The summed E-state index contributed by atoms with van der Waals surface area (Å²) in [7, 11) is 0. The Kier molecular flexibility index (Phi) is 3.00. The highest BCUT2D eigenvalue weighted by molar-refractivity contribution is 7.07. The first-order chi connectivity index (χ1) is 8.34. The van der Waals surface area contributed by atoms with Crippen molar-refractivity contribution in [2.24, 2.45) is 0 Å². The van der Waals surface area contributed by atoms with Crippen molar-refractivity contribution in [2.45, 2.75) is 31.3 Å². The number of aryl methyl sites for hydroxylation is 1. The molecular formula is C15H16OS. The maximum atomic E-state index is 10.2. The summed E-state index contributed by atoms with van der Waals surface area (Å²) < 4.78 is 0. The molecule has 17 heavy (non-hydrogen) atoms. The first-order valence-corrected chi connectivity index (χ1v) is 7.06. The van der Waals surface area contributed by atoms with E-state index in [9.17, 15) is 5.11 Å². The number of thiophene rings is 1. The van der Waals surface area contributed by atoms with Gasteiger partial charge in [-0.2, -0.15) is 11.3 Å². The standard InChI is InChI=1S/C15H16OS/c16-15(6-5-11-7-8-17-10-11)14-9-12-3-1-2-4-13(12)14/h1-4,7-8,10,14-16H,5-6,9H2. The molecule has 88 valence electrons. The van der Waals surface area contributed by atoms with Crippen molar-refractivity contribution < 1.29 is 5.11 Å². The number of hydrogen-bond donors (Lipinski definition) is 1. The molecule has 2 heteroatoms. The number of aliphatic hydroxyl groups excluding tert-OH is 1. The summed E-state index contributed by atoms with van der Waals surface area (Å²) in [4.78, 5) is 0. The van der Waals surface area contributed by atoms with Gasteiger partial charge in [-0.3, -0.25) is 0 Å². The van der Waals surface area contributed by atoms with Crippen LogP contribution in [0.1, 0.15) is 29.0 Å². The van der Waals surface area contributed by atoms with Gasteiger partial charge in [-0.25, -0.2) is 0 Å². The first kappa shape index (κ1) is 11.0. The average Bonchev–Trinajstić information content (AvgIpc) is 2.81. The molecule has 0 aliphatic heterocycles. The maximum Gasteiger partial charge on any atom is 0.0615 e. The Morgan fingerprint density at radius 2 is 2.18 bits per heavy atom. The van der Waals surface area contributed by atoms with E-state index in [1.165, 1.54) is 16.7 Å². The molecule has 0 saturated heterocycles. The minimum absolute atomic E-state index is 0.190. The van der Waals surface area contributed by atoms with Crippen LogP contribution in [0, 0.1) is 0 Å². The molecule has 2 unspecified atom stereocenters. The minimum atomic E-state index is -0.190. The van der Waals surface area contributed by atoms with Crippen LogP contribution in [0.3, 0.4) is 0 Å². The van der Waals surface area contributed by atoms with Crippen molar-refractivity contribution in [2.75, 3.05) is 0 Å². The lowest BCUT2D eigenvalue weighted by atomic mass is 9.73. The lowest BCUT2D eigenvalue weighted by Gasteiger charge is -2.33. The van der Waals surface area contributed by atoms with Crippen molar-refractivity contribution in [3.63, 3.8) is 0 Å². The van der Waals surface area contributed by atoms with Crippen molar-refractivity contribution in [1.82, 2.24) is 0 Å². The minimum Gasteiger partial charge on any atom is -0.392 e. The molecule has 1 aliphatic rings. The molecule has 0 amide bonds. The molecule has 1 N–H and O–H groups in total. The van der Waals surface area contributed by atoms with Crippen LogP contribution in [-0.4, -0.2) is 11.2 Å². The molecule has 1 heterocycles. The maximum absolute atomic E-state index is 10.2. The van der Waals surface area contributed by atoms with E-state index in [1.54, 1.807) is 11.3 Å². The summed E-state index contributed by atoms with van der Waals surface area (Å²) in [6.07, 6.45) is 2.71. The van der Waals surface area contributed by atoms with Gasteiger partial charge in [-0.1, -0.05) is 24.3 Å². The number of aliphatic hydroxyl groups is 1. The summed E-state index contributed by atoms with van der Waals surface area (Å²) in [6.45, 7) is 0. The zero-order chi connectivity index (χ0) is 11.7. The normalized spacial score (nSPS) is 19.5. The van der Waals surface area contributed by atoms with Gasteiger partial charge in [-0.05, 0) is 52.8 Å². The SMILES string of the molecule is OC(CCc1ccsc1)C1Cc2ccccc21. The average molecular weight is 244 g/mol. The van der Waals surface area contributed by atoms with E-state index in [0.717, 1.165) is 19.3 Å². The van der Waals surface area contributed by atoms with Crippen LogP contribution in [0.2, 0.25) is 0 Å². The Balaban J connectivity index is 1.60. The fourth-order valence-electron chi connectivity index (χ4n) is 2.59. The first-order valence-electron chi connectivity index (χ1n) is 6.11. The molecule has 1 aromatic carbocycles. The van der Waals surface area contributed by atoms with Crippen molar-refractivity contribution in [1.29, 1.82) is 0 Å². The number of fused-ring (bicyclic) bond motifs is 1. The summed E-state index contributed by atoms with van der Waals surface area (Å²) in [5.41, 5.74) is 4.11. The third-order valence-corrected chi connectivity index (χ3v) is 4.40. The van der Waals surface area contributed by atoms with Gasteiger partial charge in [0.15, 0.2) is 0 Å². The molecular weight excluding hydrogens is 228 g/mol. The van der Waals surface area contributed by atoms with Crippen LogP contribution in [-0.2, 0) is 12.8 Å². The van der Waals surface area contributed by atoms with E-state index in [4.69, 9.17) is 0 Å². The van der Waals surface area contributed by atoms with Crippen molar-refractivity contribution >= 4 is 11.3 Å². The Morgan fingerprint density at radius 3 is 2.94 bits per heavy atom. The molecule has 1 nitrogen and oxygen atoms in total. The topological polar surface area (TPSA) is 20.2 Å². The van der Waals surface area contributed by atoms with Gasteiger partial charge < -0.3 is 5.11 Å². The summed E-state index contributed by atoms with van der Waals surface area (Å²) in [5, 5.41) is 14.5. The summed E-state index contributed by atoms with van der Waals surface area (Å²) in [5.74, 6) is 0.366. The second-order valence-electron chi connectivity index (χ2n) is 4.75. The lowest BCUT2D eigenvalue weighted by molar-refractivity contribution is 0.124. The predicted octanol–water partition coefficient (Wildman–Crippen LogP) is 3.38. The van der Waals surface area contributed by atoms with E-state index in [-0.39, 0.29) is 6.10 Å². The number of rotatable bonds is 4. The highest BCUT2D eigenvalue weighted by Crippen LogP contribution is 2.38. The Labute approximate surface area is 106 Å². The second kappa shape index (κ2) is 4.63. The van der Waals surface area contributed by atoms with Gasteiger partial charge in [0.1, 0.15) is 0 Å². The van der Waals surface area contributed by atoms with E-state index in [2.05, 4.69) is 41.1 Å². The van der Waals surface area contributed by atoms with Crippen LogP contribution in [0.25, 0.3) is 0 Å². The van der Waals surface area contributed by atoms with Crippen molar-refractivity contribution in [3.05, 3.63) is 57.8 Å². The van der Waals surface area contributed by atoms with Gasteiger partial charge in [-0.15, -0.1) is 0 Å². The second-order valence-corrected chi connectivity index (χ2v) is 5.53. The summed E-state index contributed by atoms with van der Waals surface area (Å²) >= 11 is 1.73. The van der Waals surface area contributed by atoms with Gasteiger partial charge in [0.25, 0.3) is 0 Å². The van der Waals surface area contributed by atoms with Gasteiger partial charge in [0.05, 0.1) is 6.10 Å². The fraction of sp³-hybridized carbons (Fsp3) is 0.333. The quantitative estimate of drug-likeness (QED) is 0.874. The molecule has 0 fully saturated rings. The number of hydrogen-bond acceptors (Lipinski definition) is 2. The number of benzene rings is 1. The van der Waals surface area contributed by atoms with Crippen LogP contribution in [0.5, 0.6) is 0 Å². The lowest BCUT2D eigenvalue weighted by Crippen LogP contribution is -2.29. The molecule has 3 rings (SSSR count). The van der Waals surface area contributed by atoms with Gasteiger partial charge in [0, 0.05) is 5.92 Å².